The number of rotatable bonds is 3. The maximum absolute atomic E-state index is 11.5. The monoisotopic (exact) mass is 331 g/mol. The summed E-state index contributed by atoms with van der Waals surface area (Å²) in [6.45, 7) is 2.23. The van der Waals surface area contributed by atoms with Crippen LogP contribution in [0.5, 0.6) is 0 Å². The van der Waals surface area contributed by atoms with Gasteiger partial charge in [-0.25, -0.2) is 0 Å². The molecule has 0 fully saturated rings. The summed E-state index contributed by atoms with van der Waals surface area (Å²) in [6.07, 6.45) is 0. The lowest BCUT2D eigenvalue weighted by atomic mass is 10.1. The number of nitrogens with one attached hydrogen (secondary N) is 1. The van der Waals surface area contributed by atoms with E-state index < -0.39 is 11.3 Å². The Labute approximate surface area is 136 Å². The molecule has 0 spiro atoms. The molecule has 23 heavy (non-hydrogen) atoms. The Morgan fingerprint density at radius 3 is 1.87 bits per heavy atom. The summed E-state index contributed by atoms with van der Waals surface area (Å²) in [5.74, 6) is -0.355. The van der Waals surface area contributed by atoms with E-state index in [-0.39, 0.29) is 11.8 Å². The number of carbonyl (C=O) groups is 2. The Morgan fingerprint density at radius 2 is 1.43 bits per heavy atom. The van der Waals surface area contributed by atoms with Crippen molar-refractivity contribution < 1.29 is 18.4 Å². The predicted octanol–water partition coefficient (Wildman–Crippen LogP) is 2.20. The average Bonchev–Trinajstić information content (AvgIpc) is 2.80. The largest absolute Gasteiger partial charge is 0.755 e. The third-order valence-electron chi connectivity index (χ3n) is 3.17. The number of hydrogen-bond donors (Lipinski definition) is 1. The normalized spacial score (nSPS) is 13.9. The van der Waals surface area contributed by atoms with Crippen LogP contribution in [0.2, 0.25) is 0 Å². The van der Waals surface area contributed by atoms with Crippen molar-refractivity contribution in [1.82, 2.24) is 4.90 Å². The molecular formula is C16H15N2O4S-. The maximum atomic E-state index is 11.5. The number of anilines is 1. The fraction of sp³-hybridized carbons (Fsp3) is 0.125. The molecule has 1 aliphatic heterocycles. The second kappa shape index (κ2) is 7.66. The van der Waals surface area contributed by atoms with Crippen LogP contribution in [-0.4, -0.2) is 32.0 Å². The van der Waals surface area contributed by atoms with E-state index in [1.807, 2.05) is 6.07 Å². The summed E-state index contributed by atoms with van der Waals surface area (Å²) in [4.78, 5) is 24.3. The molecule has 2 aromatic rings. The van der Waals surface area contributed by atoms with Gasteiger partial charge in [0.05, 0.1) is 11.1 Å². The lowest BCUT2D eigenvalue weighted by Gasteiger charge is -2.08. The smallest absolute Gasteiger partial charge is 0.261 e. The molecule has 1 N–H and O–H groups in total. The Morgan fingerprint density at radius 1 is 0.957 bits per heavy atom. The lowest BCUT2D eigenvalue weighted by Crippen LogP contribution is -2.29. The minimum absolute atomic E-state index is 0.178. The van der Waals surface area contributed by atoms with Crippen LogP contribution in [0.3, 0.4) is 0 Å². The Hall–Kier alpha value is -2.51. The van der Waals surface area contributed by atoms with Gasteiger partial charge in [0.25, 0.3) is 11.8 Å². The number of para-hydroxylation sites is 1. The number of hydrogen-bond acceptors (Lipinski definition) is 4. The molecule has 6 nitrogen and oxygen atoms in total. The van der Waals surface area contributed by atoms with E-state index in [4.69, 9.17) is 0 Å². The molecule has 3 rings (SSSR count). The van der Waals surface area contributed by atoms with Gasteiger partial charge in [0, 0.05) is 23.5 Å². The summed E-state index contributed by atoms with van der Waals surface area (Å²) in [7, 11) is 0. The second-order valence-corrected chi connectivity index (χ2v) is 5.28. The summed E-state index contributed by atoms with van der Waals surface area (Å²) >= 11 is -2.22. The Bertz CT molecular complexity index is 699. The first-order valence-electron chi connectivity index (χ1n) is 6.90. The highest BCUT2D eigenvalue weighted by molar-refractivity contribution is 7.80. The summed E-state index contributed by atoms with van der Waals surface area (Å²) in [6, 6.07) is 15.6. The molecule has 7 heteroatoms. The highest BCUT2D eigenvalue weighted by Crippen LogP contribution is 2.21. The van der Waals surface area contributed by atoms with Crippen LogP contribution in [0.1, 0.15) is 27.6 Å². The molecule has 1 atom stereocenters. The first-order valence-corrected chi connectivity index (χ1v) is 7.98. The van der Waals surface area contributed by atoms with E-state index in [0.29, 0.717) is 23.4 Å². The van der Waals surface area contributed by atoms with E-state index >= 15 is 0 Å². The zero-order valence-corrected chi connectivity index (χ0v) is 13.2. The summed E-state index contributed by atoms with van der Waals surface area (Å²) < 4.78 is 22.3. The minimum Gasteiger partial charge on any atom is -0.755 e. The number of amides is 2. The molecule has 0 bridgehead atoms. The van der Waals surface area contributed by atoms with Crippen LogP contribution in [-0.2, 0) is 11.3 Å². The highest BCUT2D eigenvalue weighted by Gasteiger charge is 2.33. The van der Waals surface area contributed by atoms with Gasteiger partial charge in [-0.05, 0) is 31.2 Å². The van der Waals surface area contributed by atoms with Gasteiger partial charge in [-0.15, -0.1) is 0 Å². The van der Waals surface area contributed by atoms with Crippen molar-refractivity contribution in [2.24, 2.45) is 0 Å². The standard InChI is InChI=1S/C10H9NO2.C6H7NO2S/c1-2-11-9(12)7-5-3-4-6-8(7)10(11)13;8-10(9)7-6-4-2-1-3-5-6/h3-6H,2H2,1H3;1-5,7H,(H,8,9)/p-1. The van der Waals surface area contributed by atoms with Gasteiger partial charge < -0.3 is 9.27 Å². The molecule has 2 amide bonds. The number of nitrogens with zero attached hydrogens (tertiary/aromatic N) is 1. The van der Waals surface area contributed by atoms with Gasteiger partial charge in [-0.3, -0.25) is 18.7 Å². The van der Waals surface area contributed by atoms with Crippen molar-refractivity contribution in [3.05, 3.63) is 65.7 Å². The van der Waals surface area contributed by atoms with E-state index in [1.54, 1.807) is 55.5 Å². The Balaban J connectivity index is 0.000000174. The van der Waals surface area contributed by atoms with E-state index in [1.165, 1.54) is 4.90 Å². The first-order chi connectivity index (χ1) is 11.0. The van der Waals surface area contributed by atoms with Crippen molar-refractivity contribution in [3.8, 4) is 0 Å². The van der Waals surface area contributed by atoms with Crippen molar-refractivity contribution in [2.45, 2.75) is 6.92 Å². The molecule has 0 radical (unpaired) electrons. The van der Waals surface area contributed by atoms with Crippen LogP contribution < -0.4 is 4.72 Å². The molecule has 1 aliphatic rings. The van der Waals surface area contributed by atoms with Crippen LogP contribution in [0, 0.1) is 0 Å². The molecule has 1 unspecified atom stereocenters. The van der Waals surface area contributed by atoms with E-state index in [9.17, 15) is 18.4 Å². The average molecular weight is 331 g/mol. The van der Waals surface area contributed by atoms with E-state index in [2.05, 4.69) is 4.72 Å². The highest BCUT2D eigenvalue weighted by atomic mass is 32.2. The molecule has 120 valence electrons. The van der Waals surface area contributed by atoms with Crippen molar-refractivity contribution in [1.29, 1.82) is 0 Å². The van der Waals surface area contributed by atoms with Crippen LogP contribution in [0.25, 0.3) is 0 Å². The van der Waals surface area contributed by atoms with Crippen LogP contribution in [0.15, 0.2) is 54.6 Å². The molecule has 0 saturated carbocycles. The zero-order valence-electron chi connectivity index (χ0n) is 12.4. The predicted molar refractivity (Wildman–Crippen MR) is 86.5 cm³/mol. The molecule has 0 aliphatic carbocycles. The quantitative estimate of drug-likeness (QED) is 0.689. The fourth-order valence-electron chi connectivity index (χ4n) is 2.13. The molecule has 2 aromatic carbocycles. The topological polar surface area (TPSA) is 89.5 Å². The fourth-order valence-corrected chi connectivity index (χ4v) is 2.46. The van der Waals surface area contributed by atoms with Gasteiger partial charge in [0.15, 0.2) is 0 Å². The third kappa shape index (κ3) is 4.02. The van der Waals surface area contributed by atoms with Crippen molar-refractivity contribution in [2.75, 3.05) is 11.3 Å². The lowest BCUT2D eigenvalue weighted by molar-refractivity contribution is 0.0663. The zero-order chi connectivity index (χ0) is 16.8. The number of carbonyl (C=O) groups excluding carboxylic acids is 2. The van der Waals surface area contributed by atoms with E-state index in [0.717, 1.165) is 0 Å². The summed E-state index contributed by atoms with van der Waals surface area (Å²) in [5, 5.41) is 0. The van der Waals surface area contributed by atoms with Crippen LogP contribution in [0.4, 0.5) is 5.69 Å². The second-order valence-electron chi connectivity index (χ2n) is 4.60. The number of imide groups is 1. The molecule has 1 heterocycles. The summed E-state index contributed by atoms with van der Waals surface area (Å²) in [5.41, 5.74) is 1.62. The molecule has 0 aromatic heterocycles. The van der Waals surface area contributed by atoms with Gasteiger partial charge in [-0.1, -0.05) is 30.3 Å². The number of benzene rings is 2. The van der Waals surface area contributed by atoms with Gasteiger partial charge in [0.2, 0.25) is 0 Å². The van der Waals surface area contributed by atoms with Crippen molar-refractivity contribution >= 4 is 28.8 Å². The molecular weight excluding hydrogens is 316 g/mol. The number of fused-ring (bicyclic) bond motifs is 1. The molecule has 0 saturated heterocycles. The first kappa shape index (κ1) is 16.9. The van der Waals surface area contributed by atoms with Gasteiger partial charge in [0.1, 0.15) is 0 Å². The minimum atomic E-state index is -2.22. The SMILES string of the molecule is CCN1C(=O)c2ccccc2C1=O.O=S([O-])Nc1ccccc1. The maximum Gasteiger partial charge on any atom is 0.261 e. The van der Waals surface area contributed by atoms with Crippen LogP contribution >= 0.6 is 0 Å². The third-order valence-corrected chi connectivity index (χ3v) is 3.57. The van der Waals surface area contributed by atoms with Gasteiger partial charge >= 0.3 is 0 Å². The van der Waals surface area contributed by atoms with Gasteiger partial charge in [-0.2, -0.15) is 0 Å². The Kier molecular flexibility index (Phi) is 5.61. The van der Waals surface area contributed by atoms with Crippen molar-refractivity contribution in [3.63, 3.8) is 0 Å².